The fourth-order valence-corrected chi connectivity index (χ4v) is 2.03. The van der Waals surface area contributed by atoms with Crippen LogP contribution in [0.3, 0.4) is 0 Å². The smallest absolute Gasteiger partial charge is 0.341 e. The number of sulfone groups is 1. The first-order valence-corrected chi connectivity index (χ1v) is 6.99. The summed E-state index contributed by atoms with van der Waals surface area (Å²) < 4.78 is 46.9. The molecule has 0 unspecified atom stereocenters. The third-order valence-electron chi connectivity index (χ3n) is 2.25. The van der Waals surface area contributed by atoms with E-state index in [-0.39, 0.29) is 5.91 Å². The van der Waals surface area contributed by atoms with Gasteiger partial charge in [-0.3, -0.25) is 4.79 Å². The number of carbonyl (C=O) groups excluding carboxylic acids is 1. The van der Waals surface area contributed by atoms with E-state index in [0.29, 0.717) is 18.8 Å². The van der Waals surface area contributed by atoms with Crippen molar-refractivity contribution in [3.8, 4) is 0 Å². The summed E-state index contributed by atoms with van der Waals surface area (Å²) >= 11 is 0. The number of benzene rings is 1. The molecule has 1 amide bonds. The molecule has 2 N–H and O–H groups in total. The van der Waals surface area contributed by atoms with Gasteiger partial charge in [0, 0.05) is 25.7 Å². The van der Waals surface area contributed by atoms with Crippen molar-refractivity contribution in [2.75, 3.05) is 18.4 Å². The van der Waals surface area contributed by atoms with Crippen molar-refractivity contribution in [2.24, 2.45) is 0 Å². The van der Waals surface area contributed by atoms with Crippen molar-refractivity contribution >= 4 is 21.4 Å². The van der Waals surface area contributed by atoms with Crippen LogP contribution in [0.4, 0.5) is 14.5 Å². The summed E-state index contributed by atoms with van der Waals surface area (Å²) in [5.41, 5.74) is 0.582. The van der Waals surface area contributed by atoms with Gasteiger partial charge in [-0.25, -0.2) is 8.42 Å². The molecule has 0 saturated heterocycles. The third kappa shape index (κ3) is 4.47. The molecule has 0 aliphatic carbocycles. The fourth-order valence-electron chi connectivity index (χ4n) is 1.31. The van der Waals surface area contributed by atoms with Crippen molar-refractivity contribution in [1.82, 2.24) is 5.32 Å². The number of amides is 1. The molecule has 0 aliphatic rings. The number of hydrogen-bond donors (Lipinski definition) is 2. The van der Waals surface area contributed by atoms with Crippen molar-refractivity contribution in [2.45, 2.75) is 17.6 Å². The highest BCUT2D eigenvalue weighted by molar-refractivity contribution is 7.91. The number of alkyl halides is 2. The molecule has 0 fully saturated rings. The van der Waals surface area contributed by atoms with E-state index in [1.807, 2.05) is 0 Å². The van der Waals surface area contributed by atoms with Gasteiger partial charge >= 0.3 is 5.76 Å². The topological polar surface area (TPSA) is 75.3 Å². The van der Waals surface area contributed by atoms with Gasteiger partial charge in [-0.05, 0) is 24.3 Å². The quantitative estimate of drug-likeness (QED) is 0.773. The van der Waals surface area contributed by atoms with E-state index in [2.05, 4.69) is 10.6 Å². The first-order valence-electron chi connectivity index (χ1n) is 5.44. The zero-order valence-corrected chi connectivity index (χ0v) is 11.0. The highest BCUT2D eigenvalue weighted by Crippen LogP contribution is 2.19. The maximum Gasteiger partial charge on any atom is 0.341 e. The van der Waals surface area contributed by atoms with Gasteiger partial charge in [0.2, 0.25) is 15.7 Å². The van der Waals surface area contributed by atoms with E-state index in [1.54, 1.807) is 0 Å². The highest BCUT2D eigenvalue weighted by Gasteiger charge is 2.26. The second-order valence-electron chi connectivity index (χ2n) is 3.74. The first-order chi connectivity index (χ1) is 8.84. The molecule has 1 rings (SSSR count). The lowest BCUT2D eigenvalue weighted by Crippen LogP contribution is -2.26. The van der Waals surface area contributed by atoms with E-state index < -0.39 is 20.5 Å². The van der Waals surface area contributed by atoms with Crippen molar-refractivity contribution in [3.05, 3.63) is 24.3 Å². The molecule has 1 aromatic rings. The fraction of sp³-hybridized carbons (Fsp3) is 0.364. The lowest BCUT2D eigenvalue weighted by molar-refractivity contribution is -0.118. The van der Waals surface area contributed by atoms with Crippen LogP contribution in [0, 0.1) is 0 Å². The Morgan fingerprint density at radius 1 is 1.21 bits per heavy atom. The van der Waals surface area contributed by atoms with Gasteiger partial charge in [0.15, 0.2) is 0 Å². The maximum atomic E-state index is 12.3. The van der Waals surface area contributed by atoms with Crippen LogP contribution in [-0.2, 0) is 14.6 Å². The molecule has 0 heterocycles. The minimum Gasteiger partial charge on any atom is -0.383 e. The molecule has 8 heteroatoms. The molecule has 1 aromatic carbocycles. The molecule has 0 aliphatic heterocycles. The lowest BCUT2D eigenvalue weighted by Gasteiger charge is -2.08. The van der Waals surface area contributed by atoms with Crippen molar-refractivity contribution in [3.63, 3.8) is 0 Å². The maximum absolute atomic E-state index is 12.3. The Kier molecular flexibility index (Phi) is 5.22. The largest absolute Gasteiger partial charge is 0.383 e. The van der Waals surface area contributed by atoms with Crippen LogP contribution >= 0.6 is 0 Å². The van der Waals surface area contributed by atoms with E-state index in [0.717, 1.165) is 12.1 Å². The average molecular weight is 292 g/mol. The molecular formula is C11H14F2N2O3S. The zero-order valence-electron chi connectivity index (χ0n) is 10.2. The predicted molar refractivity (Wildman–Crippen MR) is 66.8 cm³/mol. The summed E-state index contributed by atoms with van der Waals surface area (Å²) in [6, 6.07) is 5.01. The third-order valence-corrected chi connectivity index (χ3v) is 3.64. The highest BCUT2D eigenvalue weighted by atomic mass is 32.2. The molecule has 0 atom stereocenters. The minimum atomic E-state index is -4.55. The molecule has 5 nitrogen and oxygen atoms in total. The standard InChI is InChI=1S/C11H14F2N2O3S/c1-8(16)14-6-7-15-9-2-4-10(5-3-9)19(17,18)11(12)13/h2-5,11,15H,6-7H2,1H3,(H,14,16). The molecule has 0 spiro atoms. The minimum absolute atomic E-state index is 0.153. The summed E-state index contributed by atoms with van der Waals surface area (Å²) in [5, 5.41) is 5.48. The predicted octanol–water partition coefficient (Wildman–Crippen LogP) is 1.23. The molecular weight excluding hydrogens is 278 g/mol. The van der Waals surface area contributed by atoms with E-state index in [9.17, 15) is 22.0 Å². The summed E-state index contributed by atoms with van der Waals surface area (Å²) in [4.78, 5) is 10.2. The molecule has 0 radical (unpaired) electrons. The number of anilines is 1. The van der Waals surface area contributed by atoms with Crippen LogP contribution < -0.4 is 10.6 Å². The lowest BCUT2D eigenvalue weighted by atomic mass is 10.3. The molecule has 106 valence electrons. The van der Waals surface area contributed by atoms with Gasteiger partial charge < -0.3 is 10.6 Å². The first kappa shape index (κ1) is 15.4. The zero-order chi connectivity index (χ0) is 14.5. The molecule has 0 aromatic heterocycles. The van der Waals surface area contributed by atoms with Crippen molar-refractivity contribution < 1.29 is 22.0 Å². The Hall–Kier alpha value is -1.70. The summed E-state index contributed by atoms with van der Waals surface area (Å²) in [7, 11) is -4.55. The number of carbonyl (C=O) groups is 1. The van der Waals surface area contributed by atoms with Crippen LogP contribution in [-0.4, -0.2) is 33.2 Å². The number of hydrogen-bond acceptors (Lipinski definition) is 4. The Morgan fingerprint density at radius 2 is 1.79 bits per heavy atom. The number of nitrogens with one attached hydrogen (secondary N) is 2. The van der Waals surface area contributed by atoms with Crippen molar-refractivity contribution in [1.29, 1.82) is 0 Å². The van der Waals surface area contributed by atoms with Crippen LogP contribution in [0.2, 0.25) is 0 Å². The summed E-state index contributed by atoms with van der Waals surface area (Å²) in [6.07, 6.45) is 0. The van der Waals surface area contributed by atoms with Crippen LogP contribution in [0.5, 0.6) is 0 Å². The van der Waals surface area contributed by atoms with Crippen LogP contribution in [0.15, 0.2) is 29.2 Å². The van der Waals surface area contributed by atoms with E-state index in [4.69, 9.17) is 0 Å². The molecule has 0 bridgehead atoms. The van der Waals surface area contributed by atoms with Gasteiger partial charge in [-0.1, -0.05) is 0 Å². The van der Waals surface area contributed by atoms with Gasteiger partial charge in [0.25, 0.3) is 0 Å². The second kappa shape index (κ2) is 6.46. The second-order valence-corrected chi connectivity index (χ2v) is 5.66. The van der Waals surface area contributed by atoms with Gasteiger partial charge in [-0.15, -0.1) is 0 Å². The SMILES string of the molecule is CC(=O)NCCNc1ccc(S(=O)(=O)C(F)F)cc1. The van der Waals surface area contributed by atoms with E-state index >= 15 is 0 Å². The normalized spacial score (nSPS) is 11.4. The van der Waals surface area contributed by atoms with Gasteiger partial charge in [0.05, 0.1) is 4.90 Å². The number of halogens is 2. The Morgan fingerprint density at radius 3 is 2.26 bits per heavy atom. The molecule has 19 heavy (non-hydrogen) atoms. The van der Waals surface area contributed by atoms with Gasteiger partial charge in [-0.2, -0.15) is 8.78 Å². The average Bonchev–Trinajstić information content (AvgIpc) is 2.35. The summed E-state index contributed by atoms with van der Waals surface area (Å²) in [5.74, 6) is -3.58. The van der Waals surface area contributed by atoms with E-state index in [1.165, 1.54) is 19.1 Å². The van der Waals surface area contributed by atoms with Crippen LogP contribution in [0.1, 0.15) is 6.92 Å². The van der Waals surface area contributed by atoms with Crippen LogP contribution in [0.25, 0.3) is 0 Å². The monoisotopic (exact) mass is 292 g/mol. The number of rotatable bonds is 6. The summed E-state index contributed by atoms with van der Waals surface area (Å²) in [6.45, 7) is 2.25. The molecule has 0 saturated carbocycles. The Balaban J connectivity index is 2.60. The van der Waals surface area contributed by atoms with Gasteiger partial charge in [0.1, 0.15) is 0 Å². The Labute approximate surface area is 109 Å². The Bertz CT molecular complexity index is 529.